The molecular weight excluding hydrogens is 248 g/mol. The number of ether oxygens (including phenoxy) is 2. The Morgan fingerprint density at radius 2 is 1.65 bits per heavy atom. The SMILES string of the molecule is COCC1(COC)CC=CC2=C1Cc1ccccc1C2. The van der Waals surface area contributed by atoms with Crippen LogP contribution in [-0.2, 0) is 22.3 Å². The maximum Gasteiger partial charge on any atom is 0.0581 e. The molecule has 0 aromatic heterocycles. The maximum atomic E-state index is 5.53. The van der Waals surface area contributed by atoms with Gasteiger partial charge in [0.05, 0.1) is 13.2 Å². The molecule has 2 heteroatoms. The minimum Gasteiger partial charge on any atom is -0.384 e. The molecule has 0 amide bonds. The van der Waals surface area contributed by atoms with Crippen LogP contribution in [0.2, 0.25) is 0 Å². The standard InChI is InChI=1S/C18H22O2/c1-19-12-18(13-20-2)9-5-8-16-10-14-6-3-4-7-15(14)11-17(16)18/h3-8H,9-13H2,1-2H3. The van der Waals surface area contributed by atoms with Crippen LogP contribution in [0.4, 0.5) is 0 Å². The zero-order chi connectivity index (χ0) is 14.0. The molecule has 0 saturated heterocycles. The van der Waals surface area contributed by atoms with Gasteiger partial charge in [-0.15, -0.1) is 0 Å². The van der Waals surface area contributed by atoms with Gasteiger partial charge in [-0.1, -0.05) is 42.0 Å². The topological polar surface area (TPSA) is 18.5 Å². The number of methoxy groups -OCH3 is 2. The van der Waals surface area contributed by atoms with Crippen LogP contribution in [0, 0.1) is 5.41 Å². The van der Waals surface area contributed by atoms with Gasteiger partial charge in [0, 0.05) is 19.6 Å². The lowest BCUT2D eigenvalue weighted by atomic mass is 9.67. The van der Waals surface area contributed by atoms with E-state index in [-0.39, 0.29) is 5.41 Å². The van der Waals surface area contributed by atoms with Crippen molar-refractivity contribution >= 4 is 0 Å². The third-order valence-electron chi connectivity index (χ3n) is 4.56. The van der Waals surface area contributed by atoms with E-state index in [0.717, 1.165) is 32.5 Å². The van der Waals surface area contributed by atoms with E-state index in [2.05, 4.69) is 36.4 Å². The van der Waals surface area contributed by atoms with Crippen LogP contribution >= 0.6 is 0 Å². The molecule has 0 N–H and O–H groups in total. The molecule has 1 aromatic rings. The van der Waals surface area contributed by atoms with Gasteiger partial charge in [-0.05, 0) is 36.0 Å². The van der Waals surface area contributed by atoms with Gasteiger partial charge in [0.2, 0.25) is 0 Å². The Balaban J connectivity index is 2.01. The van der Waals surface area contributed by atoms with Crippen LogP contribution in [0.3, 0.4) is 0 Å². The molecule has 1 aromatic carbocycles. The van der Waals surface area contributed by atoms with Crippen molar-refractivity contribution in [1.29, 1.82) is 0 Å². The molecule has 20 heavy (non-hydrogen) atoms. The summed E-state index contributed by atoms with van der Waals surface area (Å²) < 4.78 is 11.1. The average molecular weight is 270 g/mol. The van der Waals surface area contributed by atoms with Gasteiger partial charge in [0.15, 0.2) is 0 Å². The first-order chi connectivity index (χ1) is 9.79. The summed E-state index contributed by atoms with van der Waals surface area (Å²) in [6.07, 6.45) is 7.66. The van der Waals surface area contributed by atoms with Crippen LogP contribution in [0.25, 0.3) is 0 Å². The number of hydrogen-bond donors (Lipinski definition) is 0. The number of hydrogen-bond acceptors (Lipinski definition) is 2. The first-order valence-electron chi connectivity index (χ1n) is 7.23. The third kappa shape index (κ3) is 2.23. The Labute approximate surface area is 121 Å². The number of rotatable bonds is 4. The molecular formula is C18H22O2. The van der Waals surface area contributed by atoms with E-state index in [4.69, 9.17) is 9.47 Å². The second kappa shape index (κ2) is 5.55. The van der Waals surface area contributed by atoms with Gasteiger partial charge < -0.3 is 9.47 Å². The number of allylic oxidation sites excluding steroid dienone is 3. The first-order valence-corrected chi connectivity index (χ1v) is 7.23. The second-order valence-corrected chi connectivity index (χ2v) is 5.88. The van der Waals surface area contributed by atoms with Crippen molar-refractivity contribution < 1.29 is 9.47 Å². The van der Waals surface area contributed by atoms with Gasteiger partial charge in [-0.3, -0.25) is 0 Å². The summed E-state index contributed by atoms with van der Waals surface area (Å²) >= 11 is 0. The Bertz CT molecular complexity index is 548. The lowest BCUT2D eigenvalue weighted by molar-refractivity contribution is 0.0321. The fourth-order valence-corrected chi connectivity index (χ4v) is 3.64. The Morgan fingerprint density at radius 3 is 2.30 bits per heavy atom. The van der Waals surface area contributed by atoms with Crippen LogP contribution in [0.15, 0.2) is 47.6 Å². The van der Waals surface area contributed by atoms with E-state index in [1.165, 1.54) is 22.3 Å². The van der Waals surface area contributed by atoms with Gasteiger partial charge in [0.1, 0.15) is 0 Å². The average Bonchev–Trinajstić information content (AvgIpc) is 2.46. The van der Waals surface area contributed by atoms with Crippen molar-refractivity contribution in [3.05, 3.63) is 58.7 Å². The van der Waals surface area contributed by atoms with Gasteiger partial charge >= 0.3 is 0 Å². The smallest absolute Gasteiger partial charge is 0.0581 e. The normalized spacial score (nSPS) is 19.7. The Kier molecular flexibility index (Phi) is 3.77. The summed E-state index contributed by atoms with van der Waals surface area (Å²) in [5.41, 5.74) is 5.91. The zero-order valence-corrected chi connectivity index (χ0v) is 12.3. The maximum absolute atomic E-state index is 5.53. The molecule has 2 aliphatic rings. The Morgan fingerprint density at radius 1 is 1.00 bits per heavy atom. The molecule has 0 heterocycles. The molecule has 0 unspecified atom stereocenters. The predicted molar refractivity (Wildman–Crippen MR) is 80.8 cm³/mol. The minimum atomic E-state index is 0.0150. The molecule has 0 saturated carbocycles. The zero-order valence-electron chi connectivity index (χ0n) is 12.3. The molecule has 0 fully saturated rings. The van der Waals surface area contributed by atoms with E-state index < -0.39 is 0 Å². The summed E-state index contributed by atoms with van der Waals surface area (Å²) in [6, 6.07) is 8.77. The van der Waals surface area contributed by atoms with Gasteiger partial charge in [-0.2, -0.15) is 0 Å². The van der Waals surface area contributed by atoms with Crippen LogP contribution < -0.4 is 0 Å². The monoisotopic (exact) mass is 270 g/mol. The van der Waals surface area contributed by atoms with Crippen LogP contribution in [0.5, 0.6) is 0 Å². The molecule has 2 aliphatic carbocycles. The summed E-state index contributed by atoms with van der Waals surface area (Å²) in [5.74, 6) is 0. The highest BCUT2D eigenvalue weighted by Crippen LogP contribution is 2.43. The first kappa shape index (κ1) is 13.6. The summed E-state index contributed by atoms with van der Waals surface area (Å²) in [6.45, 7) is 1.46. The van der Waals surface area contributed by atoms with Crippen molar-refractivity contribution in [2.75, 3.05) is 27.4 Å². The second-order valence-electron chi connectivity index (χ2n) is 5.88. The molecule has 0 atom stereocenters. The quantitative estimate of drug-likeness (QED) is 0.835. The van der Waals surface area contributed by atoms with Crippen molar-refractivity contribution in [2.45, 2.75) is 19.3 Å². The van der Waals surface area contributed by atoms with E-state index >= 15 is 0 Å². The molecule has 0 spiro atoms. The van der Waals surface area contributed by atoms with E-state index in [0.29, 0.717) is 0 Å². The van der Waals surface area contributed by atoms with E-state index in [1.807, 2.05) is 0 Å². The van der Waals surface area contributed by atoms with Crippen LogP contribution in [0.1, 0.15) is 17.5 Å². The van der Waals surface area contributed by atoms with Crippen molar-refractivity contribution in [1.82, 2.24) is 0 Å². The largest absolute Gasteiger partial charge is 0.384 e. The molecule has 3 rings (SSSR count). The molecule has 0 aliphatic heterocycles. The fourth-order valence-electron chi connectivity index (χ4n) is 3.64. The molecule has 0 bridgehead atoms. The summed E-state index contributed by atoms with van der Waals surface area (Å²) in [4.78, 5) is 0. The predicted octanol–water partition coefficient (Wildman–Crippen LogP) is 3.32. The van der Waals surface area contributed by atoms with Crippen molar-refractivity contribution in [2.24, 2.45) is 5.41 Å². The van der Waals surface area contributed by atoms with Crippen LogP contribution in [-0.4, -0.2) is 27.4 Å². The molecule has 0 radical (unpaired) electrons. The molecule has 106 valence electrons. The molecule has 2 nitrogen and oxygen atoms in total. The van der Waals surface area contributed by atoms with Crippen molar-refractivity contribution in [3.63, 3.8) is 0 Å². The summed E-state index contributed by atoms with van der Waals surface area (Å²) in [5, 5.41) is 0. The summed E-state index contributed by atoms with van der Waals surface area (Å²) in [7, 11) is 3.57. The van der Waals surface area contributed by atoms with Crippen molar-refractivity contribution in [3.8, 4) is 0 Å². The highest BCUT2D eigenvalue weighted by atomic mass is 16.5. The highest BCUT2D eigenvalue weighted by molar-refractivity contribution is 5.48. The lowest BCUT2D eigenvalue weighted by Crippen LogP contribution is -2.37. The van der Waals surface area contributed by atoms with E-state index in [1.54, 1.807) is 14.2 Å². The highest BCUT2D eigenvalue weighted by Gasteiger charge is 2.38. The number of benzene rings is 1. The third-order valence-corrected chi connectivity index (χ3v) is 4.56. The van der Waals surface area contributed by atoms with E-state index in [9.17, 15) is 0 Å². The minimum absolute atomic E-state index is 0.0150. The Hall–Kier alpha value is -1.38. The lowest BCUT2D eigenvalue weighted by Gasteiger charge is -2.40. The van der Waals surface area contributed by atoms with Gasteiger partial charge in [-0.25, -0.2) is 0 Å². The fraction of sp³-hybridized carbons (Fsp3) is 0.444. The number of fused-ring (bicyclic) bond motifs is 1. The van der Waals surface area contributed by atoms with Gasteiger partial charge in [0.25, 0.3) is 0 Å².